The number of nitrogens with one attached hydrogen (secondary N) is 1. The first-order valence-electron chi connectivity index (χ1n) is 5.23. The first kappa shape index (κ1) is 12.3. The lowest BCUT2D eigenvalue weighted by molar-refractivity contribution is 0.627. The summed E-state index contributed by atoms with van der Waals surface area (Å²) in [5, 5.41) is 11.8. The molecule has 0 atom stereocenters. The van der Waals surface area contributed by atoms with Gasteiger partial charge in [-0.25, -0.2) is 9.37 Å². The minimum Gasteiger partial charge on any atom is -0.366 e. The predicted molar refractivity (Wildman–Crippen MR) is 67.7 cm³/mol. The van der Waals surface area contributed by atoms with E-state index >= 15 is 0 Å². The van der Waals surface area contributed by atoms with Gasteiger partial charge < -0.3 is 5.32 Å². The summed E-state index contributed by atoms with van der Waals surface area (Å²) in [5.41, 5.74) is 1.36. The zero-order chi connectivity index (χ0) is 13.0. The van der Waals surface area contributed by atoms with E-state index < -0.39 is 5.82 Å². The summed E-state index contributed by atoms with van der Waals surface area (Å²) in [7, 11) is 0. The van der Waals surface area contributed by atoms with Crippen molar-refractivity contribution >= 4 is 17.4 Å². The predicted octanol–water partition coefficient (Wildman–Crippen LogP) is 3.36. The highest BCUT2D eigenvalue weighted by Crippen LogP contribution is 2.16. The molecule has 2 rings (SSSR count). The minimum atomic E-state index is -0.433. The van der Waals surface area contributed by atoms with Crippen molar-refractivity contribution in [3.63, 3.8) is 0 Å². The highest BCUT2D eigenvalue weighted by atomic mass is 35.5. The third-order valence-corrected chi connectivity index (χ3v) is 2.64. The molecule has 0 saturated carbocycles. The molecule has 0 aliphatic rings. The number of aromatic nitrogens is 1. The molecule has 0 fully saturated rings. The van der Waals surface area contributed by atoms with E-state index in [1.165, 1.54) is 12.3 Å². The molecule has 0 unspecified atom stereocenters. The molecule has 0 amide bonds. The molecule has 1 aromatic carbocycles. The number of rotatable bonds is 3. The summed E-state index contributed by atoms with van der Waals surface area (Å²) in [6, 6.07) is 9.92. The van der Waals surface area contributed by atoms with E-state index in [1.807, 2.05) is 6.07 Å². The lowest BCUT2D eigenvalue weighted by atomic mass is 10.2. The van der Waals surface area contributed by atoms with Gasteiger partial charge >= 0.3 is 0 Å². The molecule has 0 saturated heterocycles. The molecule has 0 bridgehead atoms. The number of pyridine rings is 1. The maximum Gasteiger partial charge on any atom is 0.141 e. The Kier molecular flexibility index (Phi) is 3.75. The molecule has 5 heteroatoms. The SMILES string of the molecule is N#Cc1ccc(NCc2ccc(F)c(Cl)c2)nc1. The summed E-state index contributed by atoms with van der Waals surface area (Å²) in [6.07, 6.45) is 1.49. The Labute approximate surface area is 109 Å². The van der Waals surface area contributed by atoms with Crippen LogP contribution in [0.3, 0.4) is 0 Å². The summed E-state index contributed by atoms with van der Waals surface area (Å²) in [6.45, 7) is 0.485. The van der Waals surface area contributed by atoms with E-state index in [2.05, 4.69) is 10.3 Å². The molecular weight excluding hydrogens is 253 g/mol. The lowest BCUT2D eigenvalue weighted by Crippen LogP contribution is -2.01. The van der Waals surface area contributed by atoms with Crippen molar-refractivity contribution in [2.45, 2.75) is 6.54 Å². The Morgan fingerprint density at radius 2 is 2.17 bits per heavy atom. The zero-order valence-corrected chi connectivity index (χ0v) is 10.1. The van der Waals surface area contributed by atoms with Gasteiger partial charge in [0.1, 0.15) is 17.7 Å². The summed E-state index contributed by atoms with van der Waals surface area (Å²) in [5.74, 6) is 0.214. The van der Waals surface area contributed by atoms with Gasteiger partial charge in [0.25, 0.3) is 0 Å². The Bertz CT molecular complexity index is 590. The van der Waals surface area contributed by atoms with Crippen LogP contribution in [-0.2, 0) is 6.54 Å². The summed E-state index contributed by atoms with van der Waals surface area (Å²) >= 11 is 5.68. The molecule has 1 aromatic heterocycles. The van der Waals surface area contributed by atoms with Crippen LogP contribution in [0.4, 0.5) is 10.2 Å². The molecule has 0 aliphatic carbocycles. The van der Waals surface area contributed by atoms with Gasteiger partial charge in [-0.05, 0) is 29.8 Å². The van der Waals surface area contributed by atoms with Gasteiger partial charge in [-0.1, -0.05) is 17.7 Å². The van der Waals surface area contributed by atoms with Crippen molar-refractivity contribution < 1.29 is 4.39 Å². The largest absolute Gasteiger partial charge is 0.366 e. The van der Waals surface area contributed by atoms with Crippen LogP contribution in [0.15, 0.2) is 36.5 Å². The zero-order valence-electron chi connectivity index (χ0n) is 9.32. The second-order valence-electron chi connectivity index (χ2n) is 3.65. The molecule has 1 N–H and O–H groups in total. The molecule has 0 spiro atoms. The highest BCUT2D eigenvalue weighted by Gasteiger charge is 2.01. The smallest absolute Gasteiger partial charge is 0.141 e. The maximum atomic E-state index is 13.0. The second kappa shape index (κ2) is 5.48. The Hall–Kier alpha value is -2.12. The Balaban J connectivity index is 2.02. The normalized spacial score (nSPS) is 9.83. The third-order valence-electron chi connectivity index (χ3n) is 2.35. The van der Waals surface area contributed by atoms with Gasteiger partial charge in [-0.15, -0.1) is 0 Å². The first-order chi connectivity index (χ1) is 8.69. The van der Waals surface area contributed by atoms with Crippen LogP contribution in [0, 0.1) is 17.1 Å². The number of hydrogen-bond acceptors (Lipinski definition) is 3. The third kappa shape index (κ3) is 2.96. The molecule has 18 heavy (non-hydrogen) atoms. The van der Waals surface area contributed by atoms with Crippen LogP contribution < -0.4 is 5.32 Å². The van der Waals surface area contributed by atoms with Crippen LogP contribution >= 0.6 is 11.6 Å². The molecule has 2 aromatic rings. The number of nitriles is 1. The topological polar surface area (TPSA) is 48.7 Å². The van der Waals surface area contributed by atoms with Gasteiger partial charge in [-0.2, -0.15) is 5.26 Å². The minimum absolute atomic E-state index is 0.0992. The van der Waals surface area contributed by atoms with Crippen molar-refractivity contribution in [2.24, 2.45) is 0 Å². The van der Waals surface area contributed by atoms with E-state index in [0.29, 0.717) is 17.9 Å². The van der Waals surface area contributed by atoms with E-state index in [0.717, 1.165) is 5.56 Å². The standard InChI is InChI=1S/C13H9ClFN3/c14-11-5-9(1-3-12(11)15)7-17-13-4-2-10(6-16)8-18-13/h1-5,8H,7H2,(H,17,18). The van der Waals surface area contributed by atoms with Crippen molar-refractivity contribution in [1.29, 1.82) is 5.26 Å². The average Bonchev–Trinajstić information content (AvgIpc) is 2.41. The quantitative estimate of drug-likeness (QED) is 0.922. The lowest BCUT2D eigenvalue weighted by Gasteiger charge is -2.06. The highest BCUT2D eigenvalue weighted by molar-refractivity contribution is 6.30. The van der Waals surface area contributed by atoms with Crippen LogP contribution in [0.1, 0.15) is 11.1 Å². The fraction of sp³-hybridized carbons (Fsp3) is 0.0769. The molecular formula is C13H9ClFN3. The number of hydrogen-bond donors (Lipinski definition) is 1. The van der Waals surface area contributed by atoms with E-state index in [-0.39, 0.29) is 5.02 Å². The van der Waals surface area contributed by atoms with Crippen molar-refractivity contribution in [3.8, 4) is 6.07 Å². The van der Waals surface area contributed by atoms with Crippen LogP contribution in [-0.4, -0.2) is 4.98 Å². The molecule has 3 nitrogen and oxygen atoms in total. The van der Waals surface area contributed by atoms with Crippen LogP contribution in [0.5, 0.6) is 0 Å². The second-order valence-corrected chi connectivity index (χ2v) is 4.05. The summed E-state index contributed by atoms with van der Waals surface area (Å²) in [4.78, 5) is 4.06. The van der Waals surface area contributed by atoms with Gasteiger partial charge in [0.2, 0.25) is 0 Å². The van der Waals surface area contributed by atoms with Gasteiger partial charge in [0, 0.05) is 12.7 Å². The molecule has 0 radical (unpaired) electrons. The fourth-order valence-electron chi connectivity index (χ4n) is 1.41. The summed E-state index contributed by atoms with van der Waals surface area (Å²) < 4.78 is 13.0. The first-order valence-corrected chi connectivity index (χ1v) is 5.61. The number of halogens is 2. The fourth-order valence-corrected chi connectivity index (χ4v) is 1.61. The molecule has 90 valence electrons. The van der Waals surface area contributed by atoms with Gasteiger partial charge in [-0.3, -0.25) is 0 Å². The van der Waals surface area contributed by atoms with Crippen molar-refractivity contribution in [1.82, 2.24) is 4.98 Å². The van der Waals surface area contributed by atoms with Crippen LogP contribution in [0.2, 0.25) is 5.02 Å². The number of nitrogens with zero attached hydrogens (tertiary/aromatic N) is 2. The molecule has 0 aliphatic heterocycles. The monoisotopic (exact) mass is 261 g/mol. The van der Waals surface area contributed by atoms with Gasteiger partial charge in [0.05, 0.1) is 10.6 Å². The number of anilines is 1. The van der Waals surface area contributed by atoms with Gasteiger partial charge in [0.15, 0.2) is 0 Å². The Morgan fingerprint density at radius 1 is 1.33 bits per heavy atom. The average molecular weight is 262 g/mol. The van der Waals surface area contributed by atoms with Crippen molar-refractivity contribution in [3.05, 3.63) is 58.5 Å². The van der Waals surface area contributed by atoms with E-state index in [1.54, 1.807) is 24.3 Å². The van der Waals surface area contributed by atoms with Crippen molar-refractivity contribution in [2.75, 3.05) is 5.32 Å². The Morgan fingerprint density at radius 3 is 2.78 bits per heavy atom. The van der Waals surface area contributed by atoms with E-state index in [9.17, 15) is 4.39 Å². The maximum absolute atomic E-state index is 13.0. The molecule has 1 heterocycles. The van der Waals surface area contributed by atoms with Crippen LogP contribution in [0.25, 0.3) is 0 Å². The number of benzene rings is 1. The van der Waals surface area contributed by atoms with E-state index in [4.69, 9.17) is 16.9 Å².